The van der Waals surface area contributed by atoms with Crippen molar-refractivity contribution >= 4 is 5.97 Å². The Bertz CT molecular complexity index is 197. The first-order valence-electron chi connectivity index (χ1n) is 6.27. The summed E-state index contributed by atoms with van der Waals surface area (Å²) in [5.41, 5.74) is 5.73. The van der Waals surface area contributed by atoms with E-state index in [9.17, 15) is 4.79 Å². The quantitative estimate of drug-likeness (QED) is 0.539. The molecule has 0 aliphatic carbocycles. The Morgan fingerprint density at radius 3 is 2.38 bits per heavy atom. The molecule has 0 fully saturated rings. The van der Waals surface area contributed by atoms with E-state index in [0.717, 1.165) is 25.7 Å². The number of carbonyl (C=O) groups is 1. The molecule has 0 saturated heterocycles. The maximum atomic E-state index is 11.7. The normalized spacial score (nSPS) is 13.6. The molecule has 1 atom stereocenters. The monoisotopic (exact) mass is 229 g/mol. The number of esters is 1. The van der Waals surface area contributed by atoms with Gasteiger partial charge in [-0.1, -0.05) is 40.5 Å². The van der Waals surface area contributed by atoms with Crippen molar-refractivity contribution in [1.82, 2.24) is 0 Å². The Morgan fingerprint density at radius 2 is 1.94 bits per heavy atom. The lowest BCUT2D eigenvalue weighted by molar-refractivity contribution is -0.149. The fourth-order valence-corrected chi connectivity index (χ4v) is 1.64. The maximum absolute atomic E-state index is 11.7. The van der Waals surface area contributed by atoms with Gasteiger partial charge in [0.25, 0.3) is 0 Å². The van der Waals surface area contributed by atoms with Crippen molar-refractivity contribution in [3.63, 3.8) is 0 Å². The van der Waals surface area contributed by atoms with Gasteiger partial charge in [-0.2, -0.15) is 0 Å². The standard InChI is InChI=1S/C13H27NO2/c1-5-6-7-8-16-12(15)11(10-14)9-13(2,3)4/h11H,5-10,14H2,1-4H3. The van der Waals surface area contributed by atoms with Crippen molar-refractivity contribution in [2.75, 3.05) is 13.2 Å². The van der Waals surface area contributed by atoms with Crippen LogP contribution < -0.4 is 5.73 Å². The average molecular weight is 229 g/mol. The van der Waals surface area contributed by atoms with E-state index >= 15 is 0 Å². The molecule has 0 saturated carbocycles. The molecule has 0 aliphatic heterocycles. The first-order valence-corrected chi connectivity index (χ1v) is 6.27. The molecular weight excluding hydrogens is 202 g/mol. The van der Waals surface area contributed by atoms with Gasteiger partial charge in [0.2, 0.25) is 0 Å². The van der Waals surface area contributed by atoms with Crippen LogP contribution in [0.4, 0.5) is 0 Å². The largest absolute Gasteiger partial charge is 0.465 e. The lowest BCUT2D eigenvalue weighted by Crippen LogP contribution is -2.29. The SMILES string of the molecule is CCCCCOC(=O)C(CN)CC(C)(C)C. The van der Waals surface area contributed by atoms with Gasteiger partial charge in [0, 0.05) is 6.54 Å². The van der Waals surface area contributed by atoms with Gasteiger partial charge in [-0.25, -0.2) is 0 Å². The van der Waals surface area contributed by atoms with E-state index in [0.29, 0.717) is 13.2 Å². The highest BCUT2D eigenvalue weighted by Crippen LogP contribution is 2.24. The maximum Gasteiger partial charge on any atom is 0.310 e. The summed E-state index contributed by atoms with van der Waals surface area (Å²) < 4.78 is 5.22. The van der Waals surface area contributed by atoms with Crippen LogP contribution in [-0.2, 0) is 9.53 Å². The van der Waals surface area contributed by atoms with Crippen molar-refractivity contribution in [3.8, 4) is 0 Å². The molecule has 3 nitrogen and oxygen atoms in total. The lowest BCUT2D eigenvalue weighted by atomic mass is 9.85. The molecule has 1 unspecified atom stereocenters. The second-order valence-corrected chi connectivity index (χ2v) is 5.57. The van der Waals surface area contributed by atoms with Gasteiger partial charge in [0.05, 0.1) is 12.5 Å². The molecular formula is C13H27NO2. The lowest BCUT2D eigenvalue weighted by Gasteiger charge is -2.23. The van der Waals surface area contributed by atoms with E-state index in [1.165, 1.54) is 0 Å². The van der Waals surface area contributed by atoms with Crippen LogP contribution in [-0.4, -0.2) is 19.1 Å². The Labute approximate surface area is 99.7 Å². The molecule has 16 heavy (non-hydrogen) atoms. The van der Waals surface area contributed by atoms with E-state index in [4.69, 9.17) is 10.5 Å². The highest BCUT2D eigenvalue weighted by atomic mass is 16.5. The zero-order valence-corrected chi connectivity index (χ0v) is 11.2. The highest BCUT2D eigenvalue weighted by Gasteiger charge is 2.24. The van der Waals surface area contributed by atoms with Crippen molar-refractivity contribution in [3.05, 3.63) is 0 Å². The van der Waals surface area contributed by atoms with Crippen molar-refractivity contribution in [2.45, 2.75) is 53.4 Å². The van der Waals surface area contributed by atoms with Crippen LogP contribution >= 0.6 is 0 Å². The summed E-state index contributed by atoms with van der Waals surface area (Å²) in [5, 5.41) is 0. The van der Waals surface area contributed by atoms with Crippen LogP contribution in [0, 0.1) is 11.3 Å². The van der Waals surface area contributed by atoms with Gasteiger partial charge >= 0.3 is 5.97 Å². The summed E-state index contributed by atoms with van der Waals surface area (Å²) in [4.78, 5) is 11.7. The molecule has 0 radical (unpaired) electrons. The highest BCUT2D eigenvalue weighted by molar-refractivity contribution is 5.72. The zero-order chi connectivity index (χ0) is 12.6. The van der Waals surface area contributed by atoms with E-state index in [2.05, 4.69) is 27.7 Å². The number of carbonyl (C=O) groups excluding carboxylic acids is 1. The fourth-order valence-electron chi connectivity index (χ4n) is 1.64. The van der Waals surface area contributed by atoms with E-state index < -0.39 is 0 Å². The Kier molecular flexibility index (Phi) is 7.39. The number of hydrogen-bond donors (Lipinski definition) is 1. The Hall–Kier alpha value is -0.570. The summed E-state index contributed by atoms with van der Waals surface area (Å²) in [6, 6.07) is 0. The van der Waals surface area contributed by atoms with Crippen LogP contribution in [0.1, 0.15) is 53.4 Å². The van der Waals surface area contributed by atoms with Gasteiger partial charge in [0.15, 0.2) is 0 Å². The van der Waals surface area contributed by atoms with E-state index in [-0.39, 0.29) is 17.3 Å². The third-order valence-corrected chi connectivity index (χ3v) is 2.47. The smallest absolute Gasteiger partial charge is 0.310 e. The molecule has 0 aromatic rings. The second kappa shape index (κ2) is 7.66. The Morgan fingerprint density at radius 1 is 1.31 bits per heavy atom. The first-order chi connectivity index (χ1) is 7.40. The van der Waals surface area contributed by atoms with Gasteiger partial charge in [0.1, 0.15) is 0 Å². The predicted octanol–water partition coefficient (Wildman–Crippen LogP) is 2.73. The van der Waals surface area contributed by atoms with E-state index in [1.54, 1.807) is 0 Å². The number of ether oxygens (including phenoxy) is 1. The molecule has 0 rings (SSSR count). The molecule has 96 valence electrons. The number of unbranched alkanes of at least 4 members (excludes halogenated alkanes) is 2. The molecule has 0 bridgehead atoms. The minimum atomic E-state index is -0.151. The minimum absolute atomic E-state index is 0.118. The van der Waals surface area contributed by atoms with Crippen LogP contribution in [0.5, 0.6) is 0 Å². The zero-order valence-electron chi connectivity index (χ0n) is 11.2. The van der Waals surface area contributed by atoms with Gasteiger partial charge in [-0.05, 0) is 18.3 Å². The Balaban J connectivity index is 3.92. The van der Waals surface area contributed by atoms with Gasteiger partial charge in [-0.3, -0.25) is 4.79 Å². The van der Waals surface area contributed by atoms with Crippen molar-refractivity contribution in [1.29, 1.82) is 0 Å². The van der Waals surface area contributed by atoms with Crippen molar-refractivity contribution in [2.24, 2.45) is 17.1 Å². The molecule has 0 aromatic heterocycles. The molecule has 0 aliphatic rings. The third kappa shape index (κ3) is 7.69. The third-order valence-electron chi connectivity index (χ3n) is 2.47. The van der Waals surface area contributed by atoms with E-state index in [1.807, 2.05) is 0 Å². The molecule has 3 heteroatoms. The second-order valence-electron chi connectivity index (χ2n) is 5.57. The van der Waals surface area contributed by atoms with Gasteiger partial charge < -0.3 is 10.5 Å². The predicted molar refractivity (Wildman–Crippen MR) is 67.1 cm³/mol. The van der Waals surface area contributed by atoms with Crippen LogP contribution in [0.15, 0.2) is 0 Å². The van der Waals surface area contributed by atoms with Crippen molar-refractivity contribution < 1.29 is 9.53 Å². The molecule has 0 amide bonds. The molecule has 2 N–H and O–H groups in total. The summed E-state index contributed by atoms with van der Waals surface area (Å²) in [5.74, 6) is -0.282. The molecule has 0 spiro atoms. The minimum Gasteiger partial charge on any atom is -0.465 e. The van der Waals surface area contributed by atoms with Crippen LogP contribution in [0.25, 0.3) is 0 Å². The first kappa shape index (κ1) is 15.4. The van der Waals surface area contributed by atoms with Crippen LogP contribution in [0.3, 0.4) is 0 Å². The number of hydrogen-bond acceptors (Lipinski definition) is 3. The number of rotatable bonds is 7. The topological polar surface area (TPSA) is 52.3 Å². The average Bonchev–Trinajstić information content (AvgIpc) is 2.19. The number of nitrogens with two attached hydrogens (primary N) is 1. The summed E-state index contributed by atoms with van der Waals surface area (Å²) >= 11 is 0. The molecule has 0 heterocycles. The summed E-state index contributed by atoms with van der Waals surface area (Å²) in [6.45, 7) is 9.38. The summed E-state index contributed by atoms with van der Waals surface area (Å²) in [7, 11) is 0. The summed E-state index contributed by atoms with van der Waals surface area (Å²) in [6.07, 6.45) is 3.99. The molecule has 0 aromatic carbocycles. The fraction of sp³-hybridized carbons (Fsp3) is 0.923. The van der Waals surface area contributed by atoms with Gasteiger partial charge in [-0.15, -0.1) is 0 Å². The van der Waals surface area contributed by atoms with Crippen LogP contribution in [0.2, 0.25) is 0 Å².